The van der Waals surface area contributed by atoms with Crippen LogP contribution in [-0.2, 0) is 4.74 Å². The number of benzene rings is 1. The molecule has 0 radical (unpaired) electrons. The number of hydrogen-bond acceptors (Lipinski definition) is 4. The summed E-state index contributed by atoms with van der Waals surface area (Å²) in [7, 11) is 1.48. The number of hydrogen-bond donors (Lipinski definition) is 1. The second-order valence-electron chi connectivity index (χ2n) is 2.68. The zero-order chi connectivity index (χ0) is 10.6. The van der Waals surface area contributed by atoms with Crippen LogP contribution in [0.2, 0.25) is 0 Å². The third kappa shape index (κ3) is 2.16. The molecule has 0 spiro atoms. The van der Waals surface area contributed by atoms with Crippen LogP contribution >= 0.6 is 0 Å². The molecule has 0 saturated carbocycles. The molecule has 0 saturated heterocycles. The molecule has 0 aromatic heterocycles. The van der Waals surface area contributed by atoms with Gasteiger partial charge in [0.2, 0.25) is 0 Å². The molecular weight excluding hydrogens is 182 g/mol. The molecule has 1 aromatic carbocycles. The van der Waals surface area contributed by atoms with Crippen molar-refractivity contribution in [2.24, 2.45) is 0 Å². The Labute approximate surface area is 82.6 Å². The number of esters is 1. The van der Waals surface area contributed by atoms with Crippen molar-refractivity contribution in [1.29, 1.82) is 0 Å². The van der Waals surface area contributed by atoms with Crippen molar-refractivity contribution < 1.29 is 14.3 Å². The van der Waals surface area contributed by atoms with Crippen molar-refractivity contribution in [3.8, 4) is 5.75 Å². The fraction of sp³-hybridized carbons (Fsp3) is 0.300. The Morgan fingerprint density at radius 2 is 2.21 bits per heavy atom. The maximum absolute atomic E-state index is 11.4. The van der Waals surface area contributed by atoms with Gasteiger partial charge in [-0.2, -0.15) is 0 Å². The van der Waals surface area contributed by atoms with E-state index in [1.54, 1.807) is 25.1 Å². The molecular formula is C10H13NO3. The van der Waals surface area contributed by atoms with Gasteiger partial charge in [-0.3, -0.25) is 0 Å². The normalized spacial score (nSPS) is 9.57. The van der Waals surface area contributed by atoms with Gasteiger partial charge in [0.1, 0.15) is 11.3 Å². The van der Waals surface area contributed by atoms with Gasteiger partial charge in [0.15, 0.2) is 0 Å². The smallest absolute Gasteiger partial charge is 0.341 e. The third-order valence-electron chi connectivity index (χ3n) is 1.72. The molecule has 0 aliphatic carbocycles. The molecule has 0 atom stereocenters. The summed E-state index contributed by atoms with van der Waals surface area (Å²) in [4.78, 5) is 11.4. The number of carbonyl (C=O) groups is 1. The van der Waals surface area contributed by atoms with Crippen molar-refractivity contribution in [2.75, 3.05) is 19.5 Å². The van der Waals surface area contributed by atoms with E-state index in [0.29, 0.717) is 23.6 Å². The Balaban J connectivity index is 3.01. The molecule has 0 unspecified atom stereocenters. The summed E-state index contributed by atoms with van der Waals surface area (Å²) in [6.45, 7) is 2.09. The second kappa shape index (κ2) is 4.50. The van der Waals surface area contributed by atoms with Crippen molar-refractivity contribution >= 4 is 11.7 Å². The highest BCUT2D eigenvalue weighted by Gasteiger charge is 2.12. The maximum atomic E-state index is 11.4. The largest absolute Gasteiger partial charge is 0.496 e. The Kier molecular flexibility index (Phi) is 3.34. The second-order valence-corrected chi connectivity index (χ2v) is 2.68. The predicted molar refractivity (Wildman–Crippen MR) is 53.4 cm³/mol. The number of nitrogen functional groups attached to an aromatic ring is 1. The average Bonchev–Trinajstić information content (AvgIpc) is 2.17. The van der Waals surface area contributed by atoms with E-state index in [-0.39, 0.29) is 0 Å². The number of carbonyl (C=O) groups excluding carboxylic acids is 1. The fourth-order valence-corrected chi connectivity index (χ4v) is 1.09. The maximum Gasteiger partial charge on any atom is 0.341 e. The van der Waals surface area contributed by atoms with E-state index in [0.717, 1.165) is 0 Å². The van der Waals surface area contributed by atoms with E-state index in [4.69, 9.17) is 15.2 Å². The fourth-order valence-electron chi connectivity index (χ4n) is 1.09. The Bertz CT molecular complexity index is 336. The third-order valence-corrected chi connectivity index (χ3v) is 1.72. The van der Waals surface area contributed by atoms with Crippen LogP contribution in [0.1, 0.15) is 17.3 Å². The minimum absolute atomic E-state index is 0.340. The first-order chi connectivity index (χ1) is 6.69. The van der Waals surface area contributed by atoms with Crippen molar-refractivity contribution in [2.45, 2.75) is 6.92 Å². The van der Waals surface area contributed by atoms with Gasteiger partial charge < -0.3 is 15.2 Å². The molecule has 1 rings (SSSR count). The van der Waals surface area contributed by atoms with Gasteiger partial charge in [-0.15, -0.1) is 0 Å². The van der Waals surface area contributed by atoms with Crippen LogP contribution in [-0.4, -0.2) is 19.7 Å². The Morgan fingerprint density at radius 1 is 1.50 bits per heavy atom. The number of anilines is 1. The Morgan fingerprint density at radius 3 is 2.79 bits per heavy atom. The zero-order valence-corrected chi connectivity index (χ0v) is 8.24. The molecule has 0 amide bonds. The standard InChI is InChI=1S/C10H13NO3/c1-3-14-10(12)8-5-4-7(11)6-9(8)13-2/h4-6H,3,11H2,1-2H3. The van der Waals surface area contributed by atoms with E-state index < -0.39 is 5.97 Å². The van der Waals surface area contributed by atoms with Crippen LogP contribution < -0.4 is 10.5 Å². The highest BCUT2D eigenvalue weighted by molar-refractivity contribution is 5.93. The summed E-state index contributed by atoms with van der Waals surface area (Å²) < 4.78 is 9.86. The van der Waals surface area contributed by atoms with Gasteiger partial charge in [-0.25, -0.2) is 4.79 Å². The van der Waals surface area contributed by atoms with Crippen molar-refractivity contribution in [3.05, 3.63) is 23.8 Å². The lowest BCUT2D eigenvalue weighted by molar-refractivity contribution is 0.0523. The summed E-state index contributed by atoms with van der Waals surface area (Å²) in [6, 6.07) is 4.81. The first-order valence-corrected chi connectivity index (χ1v) is 4.29. The topological polar surface area (TPSA) is 61.5 Å². The molecule has 4 heteroatoms. The van der Waals surface area contributed by atoms with Crippen LogP contribution in [0.25, 0.3) is 0 Å². The van der Waals surface area contributed by atoms with Crippen molar-refractivity contribution in [3.63, 3.8) is 0 Å². The predicted octanol–water partition coefficient (Wildman–Crippen LogP) is 1.45. The lowest BCUT2D eigenvalue weighted by Crippen LogP contribution is -2.07. The highest BCUT2D eigenvalue weighted by atomic mass is 16.5. The van der Waals surface area contributed by atoms with Gasteiger partial charge in [0.05, 0.1) is 13.7 Å². The lowest BCUT2D eigenvalue weighted by Gasteiger charge is -2.07. The van der Waals surface area contributed by atoms with Gasteiger partial charge in [0, 0.05) is 11.8 Å². The summed E-state index contributed by atoms with van der Waals surface area (Å²) in [5, 5.41) is 0. The molecule has 0 bridgehead atoms. The van der Waals surface area contributed by atoms with Gasteiger partial charge in [-0.1, -0.05) is 0 Å². The lowest BCUT2D eigenvalue weighted by atomic mass is 10.2. The van der Waals surface area contributed by atoms with E-state index in [9.17, 15) is 4.79 Å². The minimum Gasteiger partial charge on any atom is -0.496 e. The number of methoxy groups -OCH3 is 1. The quantitative estimate of drug-likeness (QED) is 0.585. The van der Waals surface area contributed by atoms with E-state index in [1.165, 1.54) is 7.11 Å². The van der Waals surface area contributed by atoms with E-state index in [2.05, 4.69) is 0 Å². The van der Waals surface area contributed by atoms with Crippen LogP contribution in [0.3, 0.4) is 0 Å². The van der Waals surface area contributed by atoms with Gasteiger partial charge in [-0.05, 0) is 19.1 Å². The molecule has 4 nitrogen and oxygen atoms in total. The van der Waals surface area contributed by atoms with Crippen LogP contribution in [0, 0.1) is 0 Å². The van der Waals surface area contributed by atoms with Crippen LogP contribution in [0.15, 0.2) is 18.2 Å². The monoisotopic (exact) mass is 195 g/mol. The SMILES string of the molecule is CCOC(=O)c1ccc(N)cc1OC. The number of rotatable bonds is 3. The van der Waals surface area contributed by atoms with E-state index in [1.807, 2.05) is 0 Å². The minimum atomic E-state index is -0.399. The molecule has 0 fully saturated rings. The van der Waals surface area contributed by atoms with Crippen LogP contribution in [0.4, 0.5) is 5.69 Å². The summed E-state index contributed by atoms with van der Waals surface area (Å²) in [5.74, 6) is 0.0350. The molecule has 76 valence electrons. The number of nitrogens with two attached hydrogens (primary N) is 1. The molecule has 14 heavy (non-hydrogen) atoms. The van der Waals surface area contributed by atoms with Crippen molar-refractivity contribution in [1.82, 2.24) is 0 Å². The molecule has 1 aromatic rings. The molecule has 2 N–H and O–H groups in total. The average molecular weight is 195 g/mol. The molecule has 0 aliphatic rings. The van der Waals surface area contributed by atoms with Gasteiger partial charge >= 0.3 is 5.97 Å². The first kappa shape index (κ1) is 10.4. The van der Waals surface area contributed by atoms with E-state index >= 15 is 0 Å². The zero-order valence-electron chi connectivity index (χ0n) is 8.24. The summed E-state index contributed by atoms with van der Waals surface area (Å²) in [5.41, 5.74) is 6.49. The highest BCUT2D eigenvalue weighted by Crippen LogP contribution is 2.22. The molecule has 0 heterocycles. The summed E-state index contributed by atoms with van der Waals surface area (Å²) in [6.07, 6.45) is 0. The number of ether oxygens (including phenoxy) is 2. The Hall–Kier alpha value is -1.71. The summed E-state index contributed by atoms with van der Waals surface area (Å²) >= 11 is 0. The van der Waals surface area contributed by atoms with Gasteiger partial charge in [0.25, 0.3) is 0 Å². The van der Waals surface area contributed by atoms with Crippen LogP contribution in [0.5, 0.6) is 5.75 Å². The molecule has 0 aliphatic heterocycles. The first-order valence-electron chi connectivity index (χ1n) is 4.29.